The number of benzene rings is 1. The Morgan fingerprint density at radius 1 is 1.33 bits per heavy atom. The lowest BCUT2D eigenvalue weighted by atomic mass is 10.1. The van der Waals surface area contributed by atoms with Gasteiger partial charge >= 0.3 is 12.1 Å². The van der Waals surface area contributed by atoms with Crippen molar-refractivity contribution >= 4 is 43.9 Å². The summed E-state index contributed by atoms with van der Waals surface area (Å²) in [5, 5.41) is 11.6. The van der Waals surface area contributed by atoms with Crippen LogP contribution in [0, 0.1) is 0 Å². The molecular formula is C14H17Br2NO4. The number of ether oxygens (including phenoxy) is 1. The van der Waals surface area contributed by atoms with Crippen molar-refractivity contribution in [2.24, 2.45) is 0 Å². The van der Waals surface area contributed by atoms with Gasteiger partial charge in [0.2, 0.25) is 0 Å². The van der Waals surface area contributed by atoms with Gasteiger partial charge in [0.05, 0.1) is 0 Å². The monoisotopic (exact) mass is 421 g/mol. The van der Waals surface area contributed by atoms with Gasteiger partial charge in [-0.2, -0.15) is 0 Å². The number of halogens is 2. The number of rotatable bonds is 4. The largest absolute Gasteiger partial charge is 0.480 e. The molecule has 0 aliphatic rings. The van der Waals surface area contributed by atoms with Crippen molar-refractivity contribution in [3.63, 3.8) is 0 Å². The van der Waals surface area contributed by atoms with Crippen molar-refractivity contribution in [2.75, 3.05) is 0 Å². The molecule has 1 unspecified atom stereocenters. The Morgan fingerprint density at radius 2 is 1.95 bits per heavy atom. The van der Waals surface area contributed by atoms with Crippen LogP contribution in [0.1, 0.15) is 26.3 Å². The Morgan fingerprint density at radius 3 is 2.48 bits per heavy atom. The van der Waals surface area contributed by atoms with E-state index in [0.29, 0.717) is 0 Å². The summed E-state index contributed by atoms with van der Waals surface area (Å²) >= 11 is 6.70. The molecule has 1 atom stereocenters. The molecular weight excluding hydrogens is 406 g/mol. The summed E-state index contributed by atoms with van der Waals surface area (Å²) in [7, 11) is 0. The van der Waals surface area contributed by atoms with Crippen LogP contribution in [-0.2, 0) is 16.0 Å². The summed E-state index contributed by atoms with van der Waals surface area (Å²) in [5.41, 5.74) is 0.0941. The predicted octanol–water partition coefficient (Wildman–Crippen LogP) is 3.73. The first kappa shape index (κ1) is 18.0. The van der Waals surface area contributed by atoms with Crippen LogP contribution in [0.3, 0.4) is 0 Å². The molecule has 1 aromatic carbocycles. The average Bonchev–Trinajstić information content (AvgIpc) is 2.30. The molecule has 0 bridgehead atoms. The Bertz CT molecular complexity index is 540. The number of nitrogens with one attached hydrogen (secondary N) is 1. The molecule has 0 aliphatic carbocycles. The molecule has 5 nitrogen and oxygen atoms in total. The van der Waals surface area contributed by atoms with Crippen LogP contribution in [0.25, 0.3) is 0 Å². The van der Waals surface area contributed by atoms with Crippen LogP contribution < -0.4 is 5.32 Å². The zero-order valence-electron chi connectivity index (χ0n) is 11.9. The van der Waals surface area contributed by atoms with Crippen LogP contribution >= 0.6 is 31.9 Å². The van der Waals surface area contributed by atoms with Crippen LogP contribution in [0.2, 0.25) is 0 Å². The van der Waals surface area contributed by atoms with Gasteiger partial charge in [-0.1, -0.05) is 31.9 Å². The SMILES string of the molecule is CC(C)(C)OC(=O)NC(Cc1cc(Br)ccc1Br)C(=O)O. The van der Waals surface area contributed by atoms with E-state index < -0.39 is 23.7 Å². The van der Waals surface area contributed by atoms with Gasteiger partial charge in [-0.3, -0.25) is 0 Å². The van der Waals surface area contributed by atoms with Crippen molar-refractivity contribution in [3.8, 4) is 0 Å². The lowest BCUT2D eigenvalue weighted by Crippen LogP contribution is -2.44. The van der Waals surface area contributed by atoms with Gasteiger partial charge in [-0.15, -0.1) is 0 Å². The number of hydrogen-bond donors (Lipinski definition) is 2. The maximum atomic E-state index is 11.7. The molecule has 2 N–H and O–H groups in total. The third-order valence-corrected chi connectivity index (χ3v) is 3.69. The number of carboxylic acids is 1. The van der Waals surface area contributed by atoms with Gasteiger partial charge in [0.1, 0.15) is 11.6 Å². The van der Waals surface area contributed by atoms with Crippen molar-refractivity contribution in [2.45, 2.75) is 38.8 Å². The summed E-state index contributed by atoms with van der Waals surface area (Å²) in [6.45, 7) is 5.15. The van der Waals surface area contributed by atoms with Gasteiger partial charge in [0.25, 0.3) is 0 Å². The molecule has 0 aliphatic heterocycles. The topological polar surface area (TPSA) is 75.6 Å². The molecule has 0 heterocycles. The highest BCUT2D eigenvalue weighted by atomic mass is 79.9. The predicted molar refractivity (Wildman–Crippen MR) is 86.3 cm³/mol. The fourth-order valence-electron chi connectivity index (χ4n) is 1.57. The van der Waals surface area contributed by atoms with Gasteiger partial charge in [0.15, 0.2) is 0 Å². The molecule has 116 valence electrons. The summed E-state index contributed by atoms with van der Waals surface area (Å²) in [4.78, 5) is 23.0. The number of hydrogen-bond acceptors (Lipinski definition) is 3. The minimum Gasteiger partial charge on any atom is -0.480 e. The first-order valence-corrected chi connectivity index (χ1v) is 7.83. The molecule has 0 radical (unpaired) electrons. The average molecular weight is 423 g/mol. The highest BCUT2D eigenvalue weighted by molar-refractivity contribution is 9.11. The standard InChI is InChI=1S/C14H17Br2NO4/c1-14(2,3)21-13(20)17-11(12(18)19)7-8-6-9(15)4-5-10(8)16/h4-6,11H,7H2,1-3H3,(H,17,20)(H,18,19). The van der Waals surface area contributed by atoms with Crippen LogP contribution in [-0.4, -0.2) is 28.8 Å². The van der Waals surface area contributed by atoms with Crippen LogP contribution in [0.15, 0.2) is 27.1 Å². The van der Waals surface area contributed by atoms with Gasteiger partial charge < -0.3 is 15.2 Å². The van der Waals surface area contributed by atoms with Crippen molar-refractivity contribution < 1.29 is 19.4 Å². The fourth-order valence-corrected chi connectivity index (χ4v) is 2.39. The van der Waals surface area contributed by atoms with Crippen LogP contribution in [0.5, 0.6) is 0 Å². The van der Waals surface area contributed by atoms with E-state index in [4.69, 9.17) is 4.74 Å². The molecule has 1 amide bonds. The van der Waals surface area contributed by atoms with Crippen molar-refractivity contribution in [1.29, 1.82) is 0 Å². The van der Waals surface area contributed by atoms with E-state index in [0.717, 1.165) is 14.5 Å². The molecule has 1 rings (SSSR count). The molecule has 21 heavy (non-hydrogen) atoms. The Balaban J connectivity index is 2.81. The second-order valence-electron chi connectivity index (χ2n) is 5.48. The van der Waals surface area contributed by atoms with E-state index in [9.17, 15) is 14.7 Å². The highest BCUT2D eigenvalue weighted by Crippen LogP contribution is 2.23. The molecule has 0 saturated heterocycles. The minimum atomic E-state index is -1.12. The fraction of sp³-hybridized carbons (Fsp3) is 0.429. The van der Waals surface area contributed by atoms with E-state index >= 15 is 0 Å². The smallest absolute Gasteiger partial charge is 0.408 e. The summed E-state index contributed by atoms with van der Waals surface area (Å²) in [6.07, 6.45) is -0.602. The Hall–Kier alpha value is -1.08. The van der Waals surface area contributed by atoms with E-state index in [2.05, 4.69) is 37.2 Å². The van der Waals surface area contributed by atoms with Gasteiger partial charge in [-0.05, 0) is 44.5 Å². The van der Waals surface area contributed by atoms with Crippen molar-refractivity contribution in [1.82, 2.24) is 5.32 Å². The zero-order chi connectivity index (χ0) is 16.2. The lowest BCUT2D eigenvalue weighted by Gasteiger charge is -2.22. The Labute approximate surface area is 140 Å². The first-order chi connectivity index (χ1) is 9.58. The molecule has 0 saturated carbocycles. The third kappa shape index (κ3) is 6.48. The molecule has 0 fully saturated rings. The summed E-state index contributed by atoms with van der Waals surface area (Å²) < 4.78 is 6.69. The van der Waals surface area contributed by atoms with Gasteiger partial charge in [0, 0.05) is 15.4 Å². The second kappa shape index (κ2) is 7.26. The second-order valence-corrected chi connectivity index (χ2v) is 7.25. The van der Waals surface area contributed by atoms with E-state index in [1.807, 2.05) is 12.1 Å². The van der Waals surface area contributed by atoms with Gasteiger partial charge in [-0.25, -0.2) is 9.59 Å². The lowest BCUT2D eigenvalue weighted by molar-refractivity contribution is -0.139. The van der Waals surface area contributed by atoms with Crippen molar-refractivity contribution in [3.05, 3.63) is 32.7 Å². The number of aliphatic carboxylic acids is 1. The number of carbonyl (C=O) groups excluding carboxylic acids is 1. The molecule has 0 aromatic heterocycles. The van der Waals surface area contributed by atoms with E-state index in [1.165, 1.54) is 0 Å². The summed E-state index contributed by atoms with van der Waals surface area (Å²) in [6, 6.07) is 4.39. The first-order valence-electron chi connectivity index (χ1n) is 6.25. The minimum absolute atomic E-state index is 0.147. The highest BCUT2D eigenvalue weighted by Gasteiger charge is 2.24. The molecule has 7 heteroatoms. The Kier molecular flexibility index (Phi) is 6.22. The normalized spacial score (nSPS) is 12.6. The quantitative estimate of drug-likeness (QED) is 0.774. The maximum Gasteiger partial charge on any atom is 0.408 e. The van der Waals surface area contributed by atoms with E-state index in [-0.39, 0.29) is 6.42 Å². The molecule has 1 aromatic rings. The number of carboxylic acid groups (broad SMARTS) is 1. The molecule has 0 spiro atoms. The third-order valence-electron chi connectivity index (χ3n) is 2.42. The van der Waals surface area contributed by atoms with Crippen LogP contribution in [0.4, 0.5) is 4.79 Å². The number of amides is 1. The van der Waals surface area contributed by atoms with E-state index in [1.54, 1.807) is 26.8 Å². The maximum absolute atomic E-state index is 11.7. The number of alkyl carbamates (subject to hydrolysis) is 1. The summed E-state index contributed by atoms with van der Waals surface area (Å²) in [5.74, 6) is -1.12. The number of carbonyl (C=O) groups is 2. The zero-order valence-corrected chi connectivity index (χ0v) is 15.1.